The maximum Gasteiger partial charge on any atom is 0.333 e. The van der Waals surface area contributed by atoms with Crippen LogP contribution in [0.15, 0.2) is 50.7 Å². The first-order chi connectivity index (χ1) is 22.4. The maximum atomic E-state index is 14.4. The number of fused-ring (bicyclic) bond motifs is 2. The molecule has 0 amide bonds. The highest BCUT2D eigenvalue weighted by Gasteiger charge is 2.49. The van der Waals surface area contributed by atoms with Gasteiger partial charge < -0.3 is 24.1 Å². The second-order valence-electron chi connectivity index (χ2n) is 13.7. The third kappa shape index (κ3) is 5.95. The van der Waals surface area contributed by atoms with Crippen molar-refractivity contribution < 1.29 is 28.9 Å². The number of para-hydroxylation sites is 1. The zero-order chi connectivity index (χ0) is 33.7. The number of thiophene rings is 1. The number of carboxylic acid groups (broad SMARTS) is 1. The van der Waals surface area contributed by atoms with Crippen LogP contribution in [-0.2, 0) is 21.6 Å². The van der Waals surface area contributed by atoms with Crippen LogP contribution < -0.4 is 16.0 Å². The van der Waals surface area contributed by atoms with E-state index in [0.29, 0.717) is 38.7 Å². The molecule has 0 bridgehead atoms. The Labute approximate surface area is 276 Å². The average molecular weight is 666 g/mol. The van der Waals surface area contributed by atoms with Gasteiger partial charge in [0.05, 0.1) is 41.8 Å². The van der Waals surface area contributed by atoms with E-state index in [-0.39, 0.29) is 18.0 Å². The molecule has 12 heteroatoms. The monoisotopic (exact) mass is 665 g/mol. The molecule has 11 nitrogen and oxygen atoms in total. The molecule has 1 aromatic carbocycles. The van der Waals surface area contributed by atoms with E-state index in [4.69, 9.17) is 13.9 Å². The van der Waals surface area contributed by atoms with Crippen LogP contribution in [0.3, 0.4) is 0 Å². The number of carboxylic acids is 1. The van der Waals surface area contributed by atoms with Crippen LogP contribution in [0, 0.1) is 18.8 Å². The van der Waals surface area contributed by atoms with Crippen LogP contribution in [0.2, 0.25) is 0 Å². The van der Waals surface area contributed by atoms with E-state index in [9.17, 15) is 24.6 Å². The van der Waals surface area contributed by atoms with Gasteiger partial charge in [-0.1, -0.05) is 38.0 Å². The SMILES string of the molecule is CCCCC1(O)C[C@H]2C[C@@H](OC(Cn3c(=O)n(C(C)(C)C(=O)O)c(=O)c4c(C)c(-c5ncco5)sc43)c3ccccc3OC)C[C@H]2C1. The molecule has 0 spiro atoms. The number of nitrogens with zero attached hydrogens (tertiary/aromatic N) is 3. The summed E-state index contributed by atoms with van der Waals surface area (Å²) in [7, 11) is 1.58. The van der Waals surface area contributed by atoms with Crippen molar-refractivity contribution in [3.8, 4) is 16.5 Å². The molecule has 2 aliphatic carbocycles. The predicted octanol–water partition coefficient (Wildman–Crippen LogP) is 5.88. The van der Waals surface area contributed by atoms with Crippen molar-refractivity contribution in [2.45, 2.75) is 103 Å². The van der Waals surface area contributed by atoms with E-state index in [0.717, 1.165) is 55.1 Å². The number of benzene rings is 1. The number of unbranched alkanes of at least 4 members (excludes halogenated alkanes) is 1. The van der Waals surface area contributed by atoms with E-state index in [1.807, 2.05) is 24.3 Å². The molecule has 0 radical (unpaired) electrons. The molecule has 0 saturated heterocycles. The Kier molecular flexibility index (Phi) is 8.96. The smallest absolute Gasteiger partial charge is 0.333 e. The van der Waals surface area contributed by atoms with Crippen LogP contribution in [0.25, 0.3) is 21.0 Å². The lowest BCUT2D eigenvalue weighted by molar-refractivity contribution is -0.146. The summed E-state index contributed by atoms with van der Waals surface area (Å²) in [6, 6.07) is 7.49. The van der Waals surface area contributed by atoms with Gasteiger partial charge in [0, 0.05) is 5.56 Å². The highest BCUT2D eigenvalue weighted by Crippen LogP contribution is 2.52. The first kappa shape index (κ1) is 33.2. The first-order valence-corrected chi connectivity index (χ1v) is 17.1. The Balaban J connectivity index is 1.45. The summed E-state index contributed by atoms with van der Waals surface area (Å²) < 4.78 is 20.5. The van der Waals surface area contributed by atoms with Gasteiger partial charge in [0.1, 0.15) is 28.5 Å². The summed E-state index contributed by atoms with van der Waals surface area (Å²) in [6.07, 6.45) is 8.18. The van der Waals surface area contributed by atoms with Gasteiger partial charge in [-0.3, -0.25) is 9.36 Å². The second kappa shape index (κ2) is 12.7. The largest absolute Gasteiger partial charge is 0.496 e. The Morgan fingerprint density at radius 1 is 1.21 bits per heavy atom. The van der Waals surface area contributed by atoms with Gasteiger partial charge in [-0.15, -0.1) is 11.3 Å². The number of aliphatic hydroxyl groups is 1. The molecule has 5 atom stereocenters. The molecule has 3 aromatic heterocycles. The zero-order valence-corrected chi connectivity index (χ0v) is 28.3. The van der Waals surface area contributed by atoms with Gasteiger partial charge in [-0.05, 0) is 76.3 Å². The number of aliphatic carboxylic acids is 1. The number of methoxy groups -OCH3 is 1. The first-order valence-electron chi connectivity index (χ1n) is 16.3. The molecule has 2 N–H and O–H groups in total. The minimum Gasteiger partial charge on any atom is -0.496 e. The number of ether oxygens (including phenoxy) is 2. The normalized spacial score (nSPS) is 23.3. The molecule has 0 aliphatic heterocycles. The molecule has 2 unspecified atom stereocenters. The molecule has 2 fully saturated rings. The number of rotatable bonds is 12. The fourth-order valence-corrected chi connectivity index (χ4v) is 8.96. The summed E-state index contributed by atoms with van der Waals surface area (Å²) in [5.41, 5.74) is -2.59. The Hall–Kier alpha value is -3.74. The number of hydrogen-bond donors (Lipinski definition) is 2. The number of aromatic nitrogens is 3. The van der Waals surface area contributed by atoms with Crippen molar-refractivity contribution in [3.63, 3.8) is 0 Å². The van der Waals surface area contributed by atoms with Crippen molar-refractivity contribution in [2.24, 2.45) is 11.8 Å². The minimum absolute atomic E-state index is 0.00291. The Bertz CT molecular complexity index is 1870. The van der Waals surface area contributed by atoms with Crippen LogP contribution >= 0.6 is 11.3 Å². The van der Waals surface area contributed by atoms with Crippen molar-refractivity contribution >= 4 is 27.5 Å². The van der Waals surface area contributed by atoms with Gasteiger partial charge in [-0.25, -0.2) is 19.1 Å². The van der Waals surface area contributed by atoms with Crippen molar-refractivity contribution in [1.82, 2.24) is 14.1 Å². The van der Waals surface area contributed by atoms with E-state index >= 15 is 0 Å². The molecule has 3 heterocycles. The molecule has 47 heavy (non-hydrogen) atoms. The second-order valence-corrected chi connectivity index (χ2v) is 14.7. The molecule has 2 aliphatic rings. The standard InChI is InChI=1S/C35H43N3O8S/c1-6-7-12-35(43)17-21-15-23(16-22(21)18-35)46-26(24-10-8-9-11-25(24)44-5)19-37-31-27(20(2)28(47-31)29-36-13-14-45-29)30(39)38(33(37)42)34(3,4)32(40)41/h8-11,13-14,21-23,26,43H,6-7,12,15-19H2,1-5H3,(H,40,41)/t21-,22+,23-,26?,35?. The van der Waals surface area contributed by atoms with Gasteiger partial charge in [0.2, 0.25) is 5.89 Å². The summed E-state index contributed by atoms with van der Waals surface area (Å²) in [5, 5.41) is 21.6. The molecular weight excluding hydrogens is 622 g/mol. The topological polar surface area (TPSA) is 146 Å². The van der Waals surface area contributed by atoms with E-state index in [1.54, 1.807) is 14.0 Å². The minimum atomic E-state index is -1.83. The molecule has 4 aromatic rings. The average Bonchev–Trinajstić information content (AvgIpc) is 3.81. The third-order valence-corrected chi connectivity index (χ3v) is 11.5. The summed E-state index contributed by atoms with van der Waals surface area (Å²) in [4.78, 5) is 46.0. The molecule has 252 valence electrons. The third-order valence-electron chi connectivity index (χ3n) is 10.2. The van der Waals surface area contributed by atoms with Crippen LogP contribution in [-0.4, -0.2) is 49.1 Å². The number of oxazole rings is 1. The van der Waals surface area contributed by atoms with Crippen LogP contribution in [0.1, 0.15) is 82.9 Å². The predicted molar refractivity (Wildman–Crippen MR) is 178 cm³/mol. The van der Waals surface area contributed by atoms with E-state index < -0.39 is 34.5 Å². The number of carbonyl (C=O) groups is 1. The van der Waals surface area contributed by atoms with Crippen LogP contribution in [0.5, 0.6) is 5.75 Å². The van der Waals surface area contributed by atoms with Gasteiger partial charge in [0.25, 0.3) is 5.56 Å². The summed E-state index contributed by atoms with van der Waals surface area (Å²) in [6.45, 7) is 6.58. The number of hydrogen-bond acceptors (Lipinski definition) is 9. The fourth-order valence-electron chi connectivity index (χ4n) is 7.72. The van der Waals surface area contributed by atoms with Gasteiger partial charge in [0.15, 0.2) is 0 Å². The van der Waals surface area contributed by atoms with Crippen molar-refractivity contribution in [1.29, 1.82) is 0 Å². The zero-order valence-electron chi connectivity index (χ0n) is 27.5. The fraction of sp³-hybridized carbons (Fsp3) is 0.543. The van der Waals surface area contributed by atoms with Gasteiger partial charge in [-0.2, -0.15) is 0 Å². The summed E-state index contributed by atoms with van der Waals surface area (Å²) >= 11 is 1.21. The Morgan fingerprint density at radius 2 is 1.91 bits per heavy atom. The van der Waals surface area contributed by atoms with Gasteiger partial charge >= 0.3 is 11.7 Å². The Morgan fingerprint density at radius 3 is 2.53 bits per heavy atom. The maximum absolute atomic E-state index is 14.4. The van der Waals surface area contributed by atoms with Crippen molar-refractivity contribution in [2.75, 3.05) is 7.11 Å². The van der Waals surface area contributed by atoms with E-state index in [1.165, 1.54) is 42.2 Å². The highest BCUT2D eigenvalue weighted by molar-refractivity contribution is 7.22. The summed E-state index contributed by atoms with van der Waals surface area (Å²) in [5.74, 6) is 0.306. The lowest BCUT2D eigenvalue weighted by atomic mass is 9.92. The molecular formula is C35H43N3O8S. The number of aryl methyl sites for hydroxylation is 1. The lowest BCUT2D eigenvalue weighted by Crippen LogP contribution is -2.52. The molecule has 6 rings (SSSR count). The lowest BCUT2D eigenvalue weighted by Gasteiger charge is -2.28. The molecule has 2 saturated carbocycles. The van der Waals surface area contributed by atoms with Crippen LogP contribution in [0.4, 0.5) is 0 Å². The van der Waals surface area contributed by atoms with Crippen molar-refractivity contribution in [3.05, 3.63) is 68.7 Å². The van der Waals surface area contributed by atoms with E-state index in [2.05, 4.69) is 11.9 Å². The quantitative estimate of drug-likeness (QED) is 0.189. The highest BCUT2D eigenvalue weighted by atomic mass is 32.1.